The lowest BCUT2D eigenvalue weighted by atomic mass is 10.1. The number of nitrogen functional groups attached to an aromatic ring is 1. The summed E-state index contributed by atoms with van der Waals surface area (Å²) in [5.41, 5.74) is 5.45. The monoisotopic (exact) mass is 251 g/mol. The van der Waals surface area contributed by atoms with Crippen LogP contribution < -0.4 is 5.73 Å². The quantitative estimate of drug-likeness (QED) is 0.841. The molecule has 0 saturated heterocycles. The fourth-order valence-electron chi connectivity index (χ4n) is 1.80. The van der Waals surface area contributed by atoms with E-state index in [0.717, 1.165) is 18.9 Å². The van der Waals surface area contributed by atoms with Crippen molar-refractivity contribution in [3.8, 4) is 11.4 Å². The summed E-state index contributed by atoms with van der Waals surface area (Å²) in [4.78, 5) is 0. The molecule has 1 heterocycles. The zero-order chi connectivity index (χ0) is 12.7. The minimum absolute atomic E-state index is 0.118. The highest BCUT2D eigenvalue weighted by atomic mass is 19.1. The number of nitrogens with two attached hydrogens (primary N) is 1. The van der Waals surface area contributed by atoms with Crippen molar-refractivity contribution in [2.24, 2.45) is 5.92 Å². The number of hydrogen-bond acceptors (Lipinski definition) is 4. The Morgan fingerprint density at radius 2 is 2.06 bits per heavy atom. The number of tetrazole rings is 1. The predicted molar refractivity (Wildman–Crippen MR) is 60.3 cm³/mol. The molecule has 1 aromatic carbocycles. The Labute approximate surface area is 102 Å². The zero-order valence-electron chi connectivity index (χ0n) is 9.48. The van der Waals surface area contributed by atoms with Gasteiger partial charge in [-0.05, 0) is 35.3 Å². The predicted octanol–water partition coefficient (Wildman–Crippen LogP) is 1.61. The third kappa shape index (κ3) is 1.92. The van der Waals surface area contributed by atoms with Gasteiger partial charge in [-0.15, -0.1) is 5.10 Å². The SMILES string of the molecule is Nc1cc(-c2nnnn2CC2CC2)c(F)cc1F. The molecule has 5 nitrogen and oxygen atoms in total. The molecule has 2 N–H and O–H groups in total. The molecule has 1 aromatic heterocycles. The van der Waals surface area contributed by atoms with Gasteiger partial charge >= 0.3 is 0 Å². The summed E-state index contributed by atoms with van der Waals surface area (Å²) >= 11 is 0. The third-order valence-electron chi connectivity index (χ3n) is 2.99. The fraction of sp³-hybridized carbons (Fsp3) is 0.364. The van der Waals surface area contributed by atoms with Gasteiger partial charge < -0.3 is 5.73 Å². The van der Waals surface area contributed by atoms with Crippen molar-refractivity contribution in [1.82, 2.24) is 20.2 Å². The molecule has 1 saturated carbocycles. The summed E-state index contributed by atoms with van der Waals surface area (Å²) in [5.74, 6) is -0.662. The van der Waals surface area contributed by atoms with Crippen molar-refractivity contribution < 1.29 is 8.78 Å². The molecule has 1 aliphatic carbocycles. The van der Waals surface area contributed by atoms with Crippen LogP contribution in [0.15, 0.2) is 12.1 Å². The minimum Gasteiger partial charge on any atom is -0.396 e. The molecular formula is C11H11F2N5. The van der Waals surface area contributed by atoms with Gasteiger partial charge in [-0.3, -0.25) is 0 Å². The fourth-order valence-corrected chi connectivity index (χ4v) is 1.80. The lowest BCUT2D eigenvalue weighted by molar-refractivity contribution is 0.544. The van der Waals surface area contributed by atoms with Gasteiger partial charge in [0.05, 0.1) is 11.3 Å². The second-order valence-corrected chi connectivity index (χ2v) is 4.48. The van der Waals surface area contributed by atoms with Crippen LogP contribution in [0, 0.1) is 17.6 Å². The third-order valence-corrected chi connectivity index (χ3v) is 2.99. The van der Waals surface area contributed by atoms with Gasteiger partial charge in [0.25, 0.3) is 0 Å². The van der Waals surface area contributed by atoms with E-state index in [-0.39, 0.29) is 17.1 Å². The standard InChI is InChI=1S/C11H11F2N5/c12-8-4-9(13)10(14)3-7(8)11-15-16-17-18(11)5-6-1-2-6/h3-4,6H,1-2,5,14H2. The number of anilines is 1. The molecule has 2 aromatic rings. The van der Waals surface area contributed by atoms with E-state index in [1.54, 1.807) is 0 Å². The summed E-state index contributed by atoms with van der Waals surface area (Å²) in [6, 6.07) is 1.97. The average Bonchev–Trinajstić information content (AvgIpc) is 3.02. The number of rotatable bonds is 3. The first-order chi connectivity index (χ1) is 8.65. The first kappa shape index (κ1) is 11.1. The van der Waals surface area contributed by atoms with Crippen LogP contribution in [0.25, 0.3) is 11.4 Å². The summed E-state index contributed by atoms with van der Waals surface area (Å²) in [7, 11) is 0. The van der Waals surface area contributed by atoms with Crippen molar-refractivity contribution in [3.63, 3.8) is 0 Å². The van der Waals surface area contributed by atoms with Crippen LogP contribution >= 0.6 is 0 Å². The Hall–Kier alpha value is -2.05. The molecular weight excluding hydrogens is 240 g/mol. The number of nitrogens with zero attached hydrogens (tertiary/aromatic N) is 4. The average molecular weight is 251 g/mol. The molecule has 0 spiro atoms. The molecule has 3 rings (SSSR count). The molecule has 0 bridgehead atoms. The van der Waals surface area contributed by atoms with E-state index >= 15 is 0 Å². The Bertz CT molecular complexity index is 591. The van der Waals surface area contributed by atoms with E-state index < -0.39 is 11.6 Å². The highest BCUT2D eigenvalue weighted by molar-refractivity contribution is 5.62. The van der Waals surface area contributed by atoms with Gasteiger partial charge in [0.1, 0.15) is 11.6 Å². The first-order valence-electron chi connectivity index (χ1n) is 5.66. The Morgan fingerprint density at radius 1 is 1.28 bits per heavy atom. The lowest BCUT2D eigenvalue weighted by Crippen LogP contribution is -2.06. The van der Waals surface area contributed by atoms with Gasteiger partial charge in [-0.25, -0.2) is 13.5 Å². The molecule has 94 valence electrons. The maximum Gasteiger partial charge on any atom is 0.185 e. The van der Waals surface area contributed by atoms with Crippen molar-refractivity contribution in [2.45, 2.75) is 19.4 Å². The maximum absolute atomic E-state index is 13.7. The molecule has 0 atom stereocenters. The number of benzene rings is 1. The summed E-state index contributed by atoms with van der Waals surface area (Å²) in [6.45, 7) is 0.652. The van der Waals surface area contributed by atoms with E-state index in [2.05, 4.69) is 15.5 Å². The van der Waals surface area contributed by atoms with E-state index in [9.17, 15) is 8.78 Å². The van der Waals surface area contributed by atoms with E-state index in [0.29, 0.717) is 12.5 Å². The zero-order valence-corrected chi connectivity index (χ0v) is 9.48. The Morgan fingerprint density at radius 3 is 2.78 bits per heavy atom. The molecule has 0 aliphatic heterocycles. The van der Waals surface area contributed by atoms with Crippen LogP contribution in [-0.4, -0.2) is 20.2 Å². The minimum atomic E-state index is -0.780. The molecule has 0 radical (unpaired) electrons. The van der Waals surface area contributed by atoms with E-state index in [1.165, 1.54) is 10.7 Å². The highest BCUT2D eigenvalue weighted by Crippen LogP contribution is 2.32. The molecule has 1 fully saturated rings. The topological polar surface area (TPSA) is 69.6 Å². The second kappa shape index (κ2) is 4.01. The van der Waals surface area contributed by atoms with Crippen molar-refractivity contribution in [2.75, 3.05) is 5.73 Å². The van der Waals surface area contributed by atoms with Crippen LogP contribution in [0.1, 0.15) is 12.8 Å². The van der Waals surface area contributed by atoms with Gasteiger partial charge in [0.2, 0.25) is 0 Å². The Kier molecular flexibility index (Phi) is 2.46. The Balaban J connectivity index is 2.03. The highest BCUT2D eigenvalue weighted by Gasteiger charge is 2.25. The van der Waals surface area contributed by atoms with E-state index in [4.69, 9.17) is 5.73 Å². The summed E-state index contributed by atoms with van der Waals surface area (Å²) < 4.78 is 28.4. The van der Waals surface area contributed by atoms with Crippen LogP contribution in [0.5, 0.6) is 0 Å². The van der Waals surface area contributed by atoms with E-state index in [1.807, 2.05) is 0 Å². The maximum atomic E-state index is 13.7. The first-order valence-corrected chi connectivity index (χ1v) is 5.66. The number of aromatic nitrogens is 4. The number of halogens is 2. The number of hydrogen-bond donors (Lipinski definition) is 1. The van der Waals surface area contributed by atoms with Crippen molar-refractivity contribution in [3.05, 3.63) is 23.8 Å². The lowest BCUT2D eigenvalue weighted by Gasteiger charge is -2.06. The van der Waals surface area contributed by atoms with Crippen LogP contribution in [-0.2, 0) is 6.54 Å². The summed E-state index contributed by atoms with van der Waals surface area (Å²) in [5, 5.41) is 11.1. The van der Waals surface area contributed by atoms with Crippen LogP contribution in [0.2, 0.25) is 0 Å². The van der Waals surface area contributed by atoms with Crippen LogP contribution in [0.4, 0.5) is 14.5 Å². The van der Waals surface area contributed by atoms with Gasteiger partial charge in [-0.1, -0.05) is 0 Å². The van der Waals surface area contributed by atoms with Gasteiger partial charge in [0, 0.05) is 12.6 Å². The normalized spacial score (nSPS) is 15.0. The molecule has 1 aliphatic rings. The smallest absolute Gasteiger partial charge is 0.185 e. The molecule has 0 amide bonds. The molecule has 7 heteroatoms. The van der Waals surface area contributed by atoms with Gasteiger partial charge in [0.15, 0.2) is 5.82 Å². The molecule has 0 unspecified atom stereocenters. The molecule has 18 heavy (non-hydrogen) atoms. The largest absolute Gasteiger partial charge is 0.396 e. The summed E-state index contributed by atoms with van der Waals surface area (Å²) in [6.07, 6.45) is 2.26. The van der Waals surface area contributed by atoms with Crippen LogP contribution in [0.3, 0.4) is 0 Å². The van der Waals surface area contributed by atoms with Crippen molar-refractivity contribution in [1.29, 1.82) is 0 Å². The van der Waals surface area contributed by atoms with Crippen molar-refractivity contribution >= 4 is 5.69 Å². The van der Waals surface area contributed by atoms with Gasteiger partial charge in [-0.2, -0.15) is 0 Å². The second-order valence-electron chi connectivity index (χ2n) is 4.48.